The van der Waals surface area contributed by atoms with Gasteiger partial charge in [0.25, 0.3) is 5.91 Å². The molecule has 0 bridgehead atoms. The van der Waals surface area contributed by atoms with Crippen LogP contribution >= 0.6 is 23.2 Å². The average Bonchev–Trinajstić information content (AvgIpc) is 2.41. The van der Waals surface area contributed by atoms with Crippen LogP contribution in [0.25, 0.3) is 0 Å². The second-order valence-corrected chi connectivity index (χ2v) is 4.96. The molecule has 1 amide bonds. The second-order valence-electron chi connectivity index (χ2n) is 4.12. The fourth-order valence-corrected chi connectivity index (χ4v) is 1.99. The molecular formula is C14H11Cl2FN2O2. The van der Waals surface area contributed by atoms with Gasteiger partial charge in [-0.25, -0.2) is 4.39 Å². The lowest BCUT2D eigenvalue weighted by molar-refractivity contribution is -0.118. The Balaban J connectivity index is 1.99. The highest BCUT2D eigenvalue weighted by Gasteiger charge is 2.11. The molecule has 0 spiro atoms. The highest BCUT2D eigenvalue weighted by atomic mass is 35.5. The second kappa shape index (κ2) is 6.65. The average molecular weight is 329 g/mol. The maximum atomic E-state index is 13.5. The number of nitrogen functional groups attached to an aromatic ring is 1. The van der Waals surface area contributed by atoms with Crippen molar-refractivity contribution < 1.29 is 13.9 Å². The van der Waals surface area contributed by atoms with Gasteiger partial charge in [-0.05, 0) is 30.3 Å². The van der Waals surface area contributed by atoms with Crippen molar-refractivity contribution >= 4 is 40.5 Å². The summed E-state index contributed by atoms with van der Waals surface area (Å²) >= 11 is 11.5. The number of amides is 1. The number of benzene rings is 2. The third-order valence-corrected chi connectivity index (χ3v) is 3.09. The molecule has 0 saturated carbocycles. The summed E-state index contributed by atoms with van der Waals surface area (Å²) in [5, 5.41) is 3.08. The molecule has 110 valence electrons. The maximum Gasteiger partial charge on any atom is 0.262 e. The predicted molar refractivity (Wildman–Crippen MR) is 81.4 cm³/mol. The summed E-state index contributed by atoms with van der Waals surface area (Å²) < 4.78 is 18.5. The zero-order valence-corrected chi connectivity index (χ0v) is 12.2. The smallest absolute Gasteiger partial charge is 0.262 e. The van der Waals surface area contributed by atoms with E-state index in [0.717, 1.165) is 0 Å². The lowest BCUT2D eigenvalue weighted by Crippen LogP contribution is -2.21. The first-order valence-electron chi connectivity index (χ1n) is 5.89. The summed E-state index contributed by atoms with van der Waals surface area (Å²) in [7, 11) is 0. The number of rotatable bonds is 4. The molecule has 0 saturated heterocycles. The van der Waals surface area contributed by atoms with Gasteiger partial charge in [-0.1, -0.05) is 29.3 Å². The summed E-state index contributed by atoms with van der Waals surface area (Å²) in [4.78, 5) is 11.8. The van der Waals surface area contributed by atoms with E-state index in [1.807, 2.05) is 0 Å². The first kappa shape index (κ1) is 15.4. The molecule has 0 atom stereocenters. The monoisotopic (exact) mass is 328 g/mol. The molecule has 21 heavy (non-hydrogen) atoms. The number of ether oxygens (including phenoxy) is 1. The maximum absolute atomic E-state index is 13.5. The molecular weight excluding hydrogens is 318 g/mol. The van der Waals surface area contributed by atoms with Crippen LogP contribution < -0.4 is 15.8 Å². The molecule has 2 aromatic carbocycles. The number of carbonyl (C=O) groups is 1. The zero-order valence-electron chi connectivity index (χ0n) is 10.7. The molecule has 0 radical (unpaired) electrons. The van der Waals surface area contributed by atoms with Crippen molar-refractivity contribution in [3.63, 3.8) is 0 Å². The van der Waals surface area contributed by atoms with Gasteiger partial charge in [0.15, 0.2) is 18.2 Å². The summed E-state index contributed by atoms with van der Waals surface area (Å²) in [6.07, 6.45) is 0. The Morgan fingerprint density at radius 2 is 2.05 bits per heavy atom. The molecule has 0 aliphatic heterocycles. The van der Waals surface area contributed by atoms with Crippen molar-refractivity contribution in [2.75, 3.05) is 17.7 Å². The van der Waals surface area contributed by atoms with Crippen LogP contribution in [0.1, 0.15) is 0 Å². The fourth-order valence-electron chi connectivity index (χ4n) is 1.59. The Hall–Kier alpha value is -1.98. The summed E-state index contributed by atoms with van der Waals surface area (Å²) in [5.41, 5.74) is 6.42. The summed E-state index contributed by atoms with van der Waals surface area (Å²) in [6.45, 7) is -0.400. The molecule has 2 rings (SSSR count). The van der Waals surface area contributed by atoms with Gasteiger partial charge in [0.1, 0.15) is 0 Å². The van der Waals surface area contributed by atoms with Gasteiger partial charge in [-0.3, -0.25) is 4.79 Å². The molecule has 0 aliphatic carbocycles. The minimum absolute atomic E-state index is 0.0915. The molecule has 0 aromatic heterocycles. The number of nitrogens with two attached hydrogens (primary N) is 1. The van der Waals surface area contributed by atoms with Gasteiger partial charge >= 0.3 is 0 Å². The van der Waals surface area contributed by atoms with Gasteiger partial charge < -0.3 is 15.8 Å². The van der Waals surface area contributed by atoms with E-state index in [4.69, 9.17) is 33.7 Å². The van der Waals surface area contributed by atoms with Crippen LogP contribution in [-0.2, 0) is 4.79 Å². The van der Waals surface area contributed by atoms with E-state index < -0.39 is 18.3 Å². The standard InChI is InChI=1S/C14H11Cl2FN2O2/c15-8-4-5-12(11(18)6-8)19-13(20)7-21-14-9(16)2-1-3-10(14)17/h1-6H,7,18H2,(H,19,20). The van der Waals surface area contributed by atoms with Gasteiger partial charge in [0.2, 0.25) is 0 Å². The van der Waals surface area contributed by atoms with Crippen molar-refractivity contribution in [1.82, 2.24) is 0 Å². The van der Waals surface area contributed by atoms with E-state index in [1.165, 1.54) is 24.3 Å². The molecule has 0 fully saturated rings. The fraction of sp³-hybridized carbons (Fsp3) is 0.0714. The van der Waals surface area contributed by atoms with Crippen molar-refractivity contribution in [3.8, 4) is 5.75 Å². The number of hydrogen-bond donors (Lipinski definition) is 2. The van der Waals surface area contributed by atoms with Crippen LogP contribution in [0, 0.1) is 5.82 Å². The van der Waals surface area contributed by atoms with Crippen molar-refractivity contribution in [2.24, 2.45) is 0 Å². The minimum atomic E-state index is -0.638. The van der Waals surface area contributed by atoms with Crippen LogP contribution in [0.2, 0.25) is 10.0 Å². The highest BCUT2D eigenvalue weighted by Crippen LogP contribution is 2.27. The van der Waals surface area contributed by atoms with Crippen LogP contribution in [-0.4, -0.2) is 12.5 Å². The Morgan fingerprint density at radius 3 is 2.71 bits per heavy atom. The van der Waals surface area contributed by atoms with Crippen LogP contribution in [0.3, 0.4) is 0 Å². The summed E-state index contributed by atoms with van der Waals surface area (Å²) in [5.74, 6) is -1.30. The van der Waals surface area contributed by atoms with Gasteiger partial charge in [-0.15, -0.1) is 0 Å². The van der Waals surface area contributed by atoms with Crippen molar-refractivity contribution in [1.29, 1.82) is 0 Å². The number of carbonyl (C=O) groups excluding carboxylic acids is 1. The molecule has 0 unspecified atom stereocenters. The number of para-hydroxylation sites is 1. The SMILES string of the molecule is Nc1cc(Cl)ccc1NC(=O)COc1c(F)cccc1Cl. The minimum Gasteiger partial charge on any atom is -0.479 e. The first-order valence-corrected chi connectivity index (χ1v) is 6.64. The Morgan fingerprint density at radius 1 is 1.29 bits per heavy atom. The van der Waals surface area contributed by atoms with E-state index in [0.29, 0.717) is 16.4 Å². The Labute approximate surface area is 130 Å². The Kier molecular flexibility index (Phi) is 4.88. The number of anilines is 2. The van der Waals surface area contributed by atoms with Crippen LogP contribution in [0.15, 0.2) is 36.4 Å². The van der Waals surface area contributed by atoms with E-state index in [2.05, 4.69) is 5.32 Å². The highest BCUT2D eigenvalue weighted by molar-refractivity contribution is 6.32. The van der Waals surface area contributed by atoms with E-state index >= 15 is 0 Å². The van der Waals surface area contributed by atoms with Crippen molar-refractivity contribution in [2.45, 2.75) is 0 Å². The quantitative estimate of drug-likeness (QED) is 0.840. The Bertz CT molecular complexity index is 660. The number of nitrogens with one attached hydrogen (secondary N) is 1. The van der Waals surface area contributed by atoms with Gasteiger partial charge in [0.05, 0.1) is 16.4 Å². The molecule has 0 heterocycles. The first-order chi connectivity index (χ1) is 9.97. The molecule has 2 aromatic rings. The zero-order chi connectivity index (χ0) is 15.4. The molecule has 7 heteroatoms. The largest absolute Gasteiger partial charge is 0.479 e. The van der Waals surface area contributed by atoms with E-state index in [9.17, 15) is 9.18 Å². The van der Waals surface area contributed by atoms with E-state index in [-0.39, 0.29) is 10.8 Å². The predicted octanol–water partition coefficient (Wildman–Crippen LogP) is 3.73. The normalized spacial score (nSPS) is 10.2. The van der Waals surface area contributed by atoms with Gasteiger partial charge in [-0.2, -0.15) is 0 Å². The van der Waals surface area contributed by atoms with Crippen LogP contribution in [0.5, 0.6) is 5.75 Å². The van der Waals surface area contributed by atoms with E-state index in [1.54, 1.807) is 12.1 Å². The molecule has 4 nitrogen and oxygen atoms in total. The van der Waals surface area contributed by atoms with Crippen molar-refractivity contribution in [3.05, 3.63) is 52.3 Å². The third-order valence-electron chi connectivity index (χ3n) is 2.55. The van der Waals surface area contributed by atoms with Crippen LogP contribution in [0.4, 0.5) is 15.8 Å². The third kappa shape index (κ3) is 4.00. The number of halogens is 3. The molecule has 3 N–H and O–H groups in total. The molecule has 0 aliphatic rings. The lowest BCUT2D eigenvalue weighted by atomic mass is 10.2. The summed E-state index contributed by atoms with van der Waals surface area (Å²) in [6, 6.07) is 8.75. The lowest BCUT2D eigenvalue weighted by Gasteiger charge is -2.11. The topological polar surface area (TPSA) is 64.3 Å². The number of hydrogen-bond acceptors (Lipinski definition) is 3. The van der Waals surface area contributed by atoms with Gasteiger partial charge in [0, 0.05) is 5.02 Å².